The van der Waals surface area contributed by atoms with Gasteiger partial charge in [0.1, 0.15) is 5.69 Å². The molecule has 2 aromatic heterocycles. The summed E-state index contributed by atoms with van der Waals surface area (Å²) in [6.07, 6.45) is 4.41. The molecule has 1 atom stereocenters. The van der Waals surface area contributed by atoms with Gasteiger partial charge in [0, 0.05) is 26.3 Å². The summed E-state index contributed by atoms with van der Waals surface area (Å²) in [6, 6.07) is 2.05. The van der Waals surface area contributed by atoms with E-state index in [-0.39, 0.29) is 11.9 Å². The Morgan fingerprint density at radius 3 is 2.95 bits per heavy atom. The smallest absolute Gasteiger partial charge is 0.272 e. The zero-order valence-electron chi connectivity index (χ0n) is 11.0. The lowest BCUT2D eigenvalue weighted by Crippen LogP contribution is -2.30. The van der Waals surface area contributed by atoms with Gasteiger partial charge in [-0.15, -0.1) is 5.10 Å². The van der Waals surface area contributed by atoms with Gasteiger partial charge in [0.2, 0.25) is 0 Å². The van der Waals surface area contributed by atoms with Crippen LogP contribution in [0.2, 0.25) is 0 Å². The highest BCUT2D eigenvalue weighted by molar-refractivity contribution is 5.92. The average Bonchev–Trinajstić information content (AvgIpc) is 3.06. The van der Waals surface area contributed by atoms with Crippen LogP contribution < -0.4 is 0 Å². The van der Waals surface area contributed by atoms with Gasteiger partial charge in [-0.05, 0) is 19.4 Å². The molecule has 7 heteroatoms. The molecule has 0 saturated carbocycles. The molecule has 1 unspecified atom stereocenters. The first-order chi connectivity index (χ1) is 9.15. The van der Waals surface area contributed by atoms with Crippen molar-refractivity contribution in [2.24, 2.45) is 7.05 Å². The monoisotopic (exact) mass is 260 g/mol. The van der Waals surface area contributed by atoms with Gasteiger partial charge in [-0.1, -0.05) is 5.21 Å². The van der Waals surface area contributed by atoms with E-state index in [0.29, 0.717) is 12.2 Å². The zero-order chi connectivity index (χ0) is 13.4. The van der Waals surface area contributed by atoms with E-state index in [1.165, 1.54) is 0 Å². The van der Waals surface area contributed by atoms with Gasteiger partial charge in [0.05, 0.1) is 17.9 Å². The van der Waals surface area contributed by atoms with Crippen LogP contribution in [0.15, 0.2) is 18.5 Å². The van der Waals surface area contributed by atoms with Gasteiger partial charge in [0.15, 0.2) is 0 Å². The number of amides is 1. The lowest BCUT2D eigenvalue weighted by atomic mass is 10.3. The molecule has 100 valence electrons. The Morgan fingerprint density at radius 2 is 2.32 bits per heavy atom. The van der Waals surface area contributed by atoms with Gasteiger partial charge in [0.25, 0.3) is 5.91 Å². The van der Waals surface area contributed by atoms with Crippen molar-refractivity contribution in [3.8, 4) is 0 Å². The highest BCUT2D eigenvalue weighted by Gasteiger charge is 2.29. The third-order valence-electron chi connectivity index (χ3n) is 3.49. The second kappa shape index (κ2) is 4.49. The quantitative estimate of drug-likeness (QED) is 0.784. The van der Waals surface area contributed by atoms with Crippen LogP contribution in [0.1, 0.15) is 28.6 Å². The molecule has 19 heavy (non-hydrogen) atoms. The number of carbonyl (C=O) groups excluding carboxylic acids is 1. The molecule has 3 heterocycles. The molecule has 0 bridgehead atoms. The van der Waals surface area contributed by atoms with E-state index in [9.17, 15) is 4.79 Å². The summed E-state index contributed by atoms with van der Waals surface area (Å²) >= 11 is 0. The Balaban J connectivity index is 1.74. The molecule has 1 amide bonds. The Morgan fingerprint density at radius 1 is 1.47 bits per heavy atom. The Bertz CT molecular complexity index is 587. The maximum absolute atomic E-state index is 12.4. The van der Waals surface area contributed by atoms with Crippen molar-refractivity contribution < 1.29 is 4.79 Å². The van der Waals surface area contributed by atoms with Crippen molar-refractivity contribution in [3.05, 3.63) is 29.8 Å². The molecule has 1 saturated heterocycles. The van der Waals surface area contributed by atoms with E-state index in [0.717, 1.165) is 18.7 Å². The summed E-state index contributed by atoms with van der Waals surface area (Å²) in [7, 11) is 1.80. The van der Waals surface area contributed by atoms with Crippen LogP contribution in [0.5, 0.6) is 0 Å². The lowest BCUT2D eigenvalue weighted by Gasteiger charge is -2.16. The Labute approximate surface area is 110 Å². The Hall–Kier alpha value is -2.18. The summed E-state index contributed by atoms with van der Waals surface area (Å²) in [5.41, 5.74) is 1.50. The fourth-order valence-electron chi connectivity index (χ4n) is 2.53. The van der Waals surface area contributed by atoms with E-state index >= 15 is 0 Å². The number of hydrogen-bond donors (Lipinski definition) is 0. The first-order valence-corrected chi connectivity index (χ1v) is 6.31. The van der Waals surface area contributed by atoms with Crippen molar-refractivity contribution >= 4 is 5.91 Å². The average molecular weight is 260 g/mol. The zero-order valence-corrected chi connectivity index (χ0v) is 11.0. The summed E-state index contributed by atoms with van der Waals surface area (Å²) in [5.74, 6) is 0.0331. The molecule has 1 aliphatic heterocycles. The minimum absolute atomic E-state index is 0.0331. The minimum Gasteiger partial charge on any atom is -0.335 e. The van der Waals surface area contributed by atoms with Crippen LogP contribution in [0.25, 0.3) is 0 Å². The number of rotatable bonds is 2. The molecule has 0 radical (unpaired) electrons. The van der Waals surface area contributed by atoms with Crippen LogP contribution >= 0.6 is 0 Å². The van der Waals surface area contributed by atoms with Crippen molar-refractivity contribution in [3.63, 3.8) is 0 Å². The first-order valence-electron chi connectivity index (χ1n) is 6.31. The van der Waals surface area contributed by atoms with Crippen LogP contribution in [0.3, 0.4) is 0 Å². The van der Waals surface area contributed by atoms with Gasteiger partial charge in [-0.3, -0.25) is 9.48 Å². The maximum Gasteiger partial charge on any atom is 0.272 e. The summed E-state index contributed by atoms with van der Waals surface area (Å²) in [6.45, 7) is 3.30. The first kappa shape index (κ1) is 11.9. The molecule has 0 aromatic carbocycles. The van der Waals surface area contributed by atoms with E-state index < -0.39 is 0 Å². The molecule has 0 spiro atoms. The standard InChI is InChI=1S/C12H16N6O/c1-9-7-11(16(2)14-9)12(19)17-5-3-10(8-17)18-6-4-13-15-18/h4,6-7,10H,3,5,8H2,1-2H3. The van der Waals surface area contributed by atoms with E-state index in [1.807, 2.05) is 28.8 Å². The topological polar surface area (TPSA) is 68.8 Å². The van der Waals surface area contributed by atoms with Gasteiger partial charge < -0.3 is 4.90 Å². The number of hydrogen-bond acceptors (Lipinski definition) is 4. The molecule has 0 aliphatic carbocycles. The van der Waals surface area contributed by atoms with Gasteiger partial charge in [-0.2, -0.15) is 5.10 Å². The number of aromatic nitrogens is 5. The molecule has 0 N–H and O–H groups in total. The number of aryl methyl sites for hydroxylation is 2. The number of carbonyl (C=O) groups is 1. The predicted octanol–water partition coefficient (Wildman–Crippen LogP) is 0.407. The van der Waals surface area contributed by atoms with Crippen LogP contribution in [0, 0.1) is 6.92 Å². The van der Waals surface area contributed by atoms with Crippen molar-refractivity contribution in [2.45, 2.75) is 19.4 Å². The third-order valence-corrected chi connectivity index (χ3v) is 3.49. The molecule has 1 fully saturated rings. The van der Waals surface area contributed by atoms with Crippen molar-refractivity contribution in [2.75, 3.05) is 13.1 Å². The highest BCUT2D eigenvalue weighted by atomic mass is 16.2. The number of nitrogens with zero attached hydrogens (tertiary/aromatic N) is 6. The van der Waals surface area contributed by atoms with Crippen LogP contribution in [0.4, 0.5) is 0 Å². The van der Waals surface area contributed by atoms with Crippen LogP contribution in [-0.4, -0.2) is 48.7 Å². The van der Waals surface area contributed by atoms with Gasteiger partial charge >= 0.3 is 0 Å². The fourth-order valence-corrected chi connectivity index (χ4v) is 2.53. The highest BCUT2D eigenvalue weighted by Crippen LogP contribution is 2.22. The molecular weight excluding hydrogens is 244 g/mol. The van der Waals surface area contributed by atoms with Crippen molar-refractivity contribution in [1.29, 1.82) is 0 Å². The van der Waals surface area contributed by atoms with E-state index in [1.54, 1.807) is 17.9 Å². The molecule has 2 aromatic rings. The van der Waals surface area contributed by atoms with Gasteiger partial charge in [-0.25, -0.2) is 4.68 Å². The molecular formula is C12H16N6O. The molecule has 3 rings (SSSR count). The summed E-state index contributed by atoms with van der Waals surface area (Å²) in [5, 5.41) is 12.0. The third kappa shape index (κ3) is 2.11. The molecule has 7 nitrogen and oxygen atoms in total. The normalized spacial score (nSPS) is 19.1. The fraction of sp³-hybridized carbons (Fsp3) is 0.500. The van der Waals surface area contributed by atoms with Crippen molar-refractivity contribution in [1.82, 2.24) is 29.7 Å². The van der Waals surface area contributed by atoms with Crippen LogP contribution in [-0.2, 0) is 7.05 Å². The number of likely N-dealkylation sites (tertiary alicyclic amines) is 1. The Kier molecular flexibility index (Phi) is 2.81. The summed E-state index contributed by atoms with van der Waals surface area (Å²) in [4.78, 5) is 14.3. The SMILES string of the molecule is Cc1cc(C(=O)N2CCC(n3ccnn3)C2)n(C)n1. The van der Waals surface area contributed by atoms with E-state index in [2.05, 4.69) is 15.4 Å². The second-order valence-electron chi connectivity index (χ2n) is 4.87. The summed E-state index contributed by atoms with van der Waals surface area (Å²) < 4.78 is 3.46. The predicted molar refractivity (Wildman–Crippen MR) is 67.5 cm³/mol. The maximum atomic E-state index is 12.4. The lowest BCUT2D eigenvalue weighted by molar-refractivity contribution is 0.0776. The molecule has 1 aliphatic rings. The largest absolute Gasteiger partial charge is 0.335 e. The van der Waals surface area contributed by atoms with E-state index in [4.69, 9.17) is 0 Å². The minimum atomic E-state index is 0.0331. The second-order valence-corrected chi connectivity index (χ2v) is 4.87.